The van der Waals surface area contributed by atoms with Crippen molar-refractivity contribution < 1.29 is 14.3 Å². The number of carbonyl (C=O) groups excluding carboxylic acids is 1. The summed E-state index contributed by atoms with van der Waals surface area (Å²) in [5.41, 5.74) is 1.94. The lowest BCUT2D eigenvalue weighted by Crippen LogP contribution is -2.16. The molecule has 0 saturated heterocycles. The average Bonchev–Trinajstić information content (AvgIpc) is 2.76. The van der Waals surface area contributed by atoms with E-state index in [1.807, 2.05) is 31.2 Å². The minimum Gasteiger partial charge on any atom is -0.494 e. The van der Waals surface area contributed by atoms with Crippen LogP contribution >= 0.6 is 0 Å². The summed E-state index contributed by atoms with van der Waals surface area (Å²) in [6.07, 6.45) is 7.84. The lowest BCUT2D eigenvalue weighted by molar-refractivity contribution is 0.0734. The standard InChI is InChI=1S/C26H34O3/c1-4-19(3)18-20-6-8-21(9-7-20)22-10-12-23(13-11-22)26(27)29-25-16-14-24(15-17-25)28-5-2/h10-17,19-21H,4-9,18H2,1-3H3. The van der Waals surface area contributed by atoms with Gasteiger partial charge < -0.3 is 9.47 Å². The van der Waals surface area contributed by atoms with E-state index in [1.54, 1.807) is 12.1 Å². The van der Waals surface area contributed by atoms with Crippen molar-refractivity contribution in [2.24, 2.45) is 11.8 Å². The Hall–Kier alpha value is -2.29. The van der Waals surface area contributed by atoms with Gasteiger partial charge in [-0.25, -0.2) is 4.79 Å². The Kier molecular flexibility index (Phi) is 7.74. The first-order valence-corrected chi connectivity index (χ1v) is 11.1. The number of rotatable bonds is 8. The number of ether oxygens (including phenoxy) is 2. The molecule has 3 heteroatoms. The summed E-state index contributed by atoms with van der Waals surface area (Å²) >= 11 is 0. The largest absolute Gasteiger partial charge is 0.494 e. The zero-order valence-corrected chi connectivity index (χ0v) is 18.0. The second kappa shape index (κ2) is 10.5. The molecule has 1 aliphatic rings. The van der Waals surface area contributed by atoms with E-state index in [9.17, 15) is 4.79 Å². The molecule has 2 aromatic rings. The van der Waals surface area contributed by atoms with Crippen molar-refractivity contribution in [1.82, 2.24) is 0 Å². The zero-order chi connectivity index (χ0) is 20.6. The van der Waals surface area contributed by atoms with Crippen LogP contribution in [-0.2, 0) is 0 Å². The van der Waals surface area contributed by atoms with Crippen LogP contribution in [0.25, 0.3) is 0 Å². The quantitative estimate of drug-likeness (QED) is 0.357. The average molecular weight is 395 g/mol. The fraction of sp³-hybridized carbons (Fsp3) is 0.500. The third kappa shape index (κ3) is 6.09. The van der Waals surface area contributed by atoms with Crippen LogP contribution in [0, 0.1) is 11.8 Å². The van der Waals surface area contributed by atoms with E-state index in [0.29, 0.717) is 23.8 Å². The van der Waals surface area contributed by atoms with Crippen LogP contribution in [0.2, 0.25) is 0 Å². The van der Waals surface area contributed by atoms with Crippen LogP contribution in [0.5, 0.6) is 11.5 Å². The molecule has 0 heterocycles. The number of carbonyl (C=O) groups is 1. The predicted octanol–water partition coefficient (Wildman–Crippen LogP) is 7.01. The molecule has 1 aliphatic carbocycles. The summed E-state index contributed by atoms with van der Waals surface area (Å²) in [6, 6.07) is 15.2. The molecule has 1 unspecified atom stereocenters. The first-order valence-electron chi connectivity index (χ1n) is 11.1. The first-order chi connectivity index (χ1) is 14.1. The fourth-order valence-corrected chi connectivity index (χ4v) is 4.30. The van der Waals surface area contributed by atoms with E-state index < -0.39 is 0 Å². The van der Waals surface area contributed by atoms with Crippen LogP contribution in [0.3, 0.4) is 0 Å². The van der Waals surface area contributed by atoms with Gasteiger partial charge in [-0.3, -0.25) is 0 Å². The van der Waals surface area contributed by atoms with Gasteiger partial charge in [0.1, 0.15) is 11.5 Å². The molecule has 156 valence electrons. The molecule has 0 radical (unpaired) electrons. The lowest BCUT2D eigenvalue weighted by Gasteiger charge is -2.30. The van der Waals surface area contributed by atoms with Crippen LogP contribution in [0.15, 0.2) is 48.5 Å². The van der Waals surface area contributed by atoms with E-state index in [2.05, 4.69) is 26.0 Å². The third-order valence-corrected chi connectivity index (χ3v) is 6.24. The molecule has 0 aromatic heterocycles. The Balaban J connectivity index is 1.52. The third-order valence-electron chi connectivity index (χ3n) is 6.24. The summed E-state index contributed by atoms with van der Waals surface area (Å²) < 4.78 is 10.9. The van der Waals surface area contributed by atoms with Crippen LogP contribution in [0.1, 0.15) is 81.1 Å². The van der Waals surface area contributed by atoms with Crippen molar-refractivity contribution in [3.05, 3.63) is 59.7 Å². The molecule has 1 saturated carbocycles. The SMILES string of the molecule is CCOc1ccc(OC(=O)c2ccc(C3CCC(CC(C)CC)CC3)cc2)cc1. The molecule has 3 nitrogen and oxygen atoms in total. The topological polar surface area (TPSA) is 35.5 Å². The van der Waals surface area contributed by atoms with Crippen molar-refractivity contribution in [2.45, 2.75) is 65.2 Å². The highest BCUT2D eigenvalue weighted by Gasteiger charge is 2.23. The van der Waals surface area contributed by atoms with Gasteiger partial charge in [0.25, 0.3) is 0 Å². The van der Waals surface area contributed by atoms with Crippen LogP contribution < -0.4 is 9.47 Å². The van der Waals surface area contributed by atoms with Gasteiger partial charge in [0, 0.05) is 0 Å². The highest BCUT2D eigenvalue weighted by molar-refractivity contribution is 5.91. The molecule has 1 fully saturated rings. The Bertz CT molecular complexity index is 756. The number of benzene rings is 2. The van der Waals surface area contributed by atoms with Gasteiger partial charge in [-0.2, -0.15) is 0 Å². The maximum atomic E-state index is 12.4. The molecule has 1 atom stereocenters. The maximum Gasteiger partial charge on any atom is 0.343 e. The van der Waals surface area contributed by atoms with Crippen LogP contribution in [0.4, 0.5) is 0 Å². The summed E-state index contributed by atoms with van der Waals surface area (Å²) in [7, 11) is 0. The Morgan fingerprint density at radius 3 is 2.14 bits per heavy atom. The minimum absolute atomic E-state index is 0.321. The van der Waals surface area contributed by atoms with Gasteiger partial charge in [0.15, 0.2) is 0 Å². The summed E-state index contributed by atoms with van der Waals surface area (Å²) in [4.78, 5) is 12.4. The Morgan fingerprint density at radius 2 is 1.55 bits per heavy atom. The van der Waals surface area contributed by atoms with Crippen LogP contribution in [-0.4, -0.2) is 12.6 Å². The van der Waals surface area contributed by atoms with Gasteiger partial charge in [-0.15, -0.1) is 0 Å². The molecule has 0 N–H and O–H groups in total. The molecular weight excluding hydrogens is 360 g/mol. The predicted molar refractivity (Wildman–Crippen MR) is 118 cm³/mol. The monoisotopic (exact) mass is 394 g/mol. The van der Waals surface area contributed by atoms with E-state index >= 15 is 0 Å². The van der Waals surface area contributed by atoms with E-state index in [-0.39, 0.29) is 5.97 Å². The maximum absolute atomic E-state index is 12.4. The van der Waals surface area contributed by atoms with Crippen molar-refractivity contribution in [3.63, 3.8) is 0 Å². The number of esters is 1. The molecule has 3 rings (SSSR count). The molecular formula is C26H34O3. The number of hydrogen-bond donors (Lipinski definition) is 0. The smallest absolute Gasteiger partial charge is 0.343 e. The fourth-order valence-electron chi connectivity index (χ4n) is 4.30. The van der Waals surface area contributed by atoms with E-state index in [1.165, 1.54) is 44.1 Å². The minimum atomic E-state index is -0.321. The van der Waals surface area contributed by atoms with Crippen molar-refractivity contribution in [3.8, 4) is 11.5 Å². The van der Waals surface area contributed by atoms with Gasteiger partial charge in [0.2, 0.25) is 0 Å². The second-order valence-electron chi connectivity index (χ2n) is 8.38. The molecule has 0 amide bonds. The zero-order valence-electron chi connectivity index (χ0n) is 18.0. The Labute approximate surface area is 175 Å². The molecule has 29 heavy (non-hydrogen) atoms. The molecule has 0 spiro atoms. The van der Waals surface area contributed by atoms with Crippen molar-refractivity contribution >= 4 is 5.97 Å². The molecule has 2 aromatic carbocycles. The van der Waals surface area contributed by atoms with Crippen molar-refractivity contribution in [1.29, 1.82) is 0 Å². The first kappa shape index (κ1) is 21.4. The highest BCUT2D eigenvalue weighted by Crippen LogP contribution is 2.38. The Morgan fingerprint density at radius 1 is 0.931 bits per heavy atom. The van der Waals surface area contributed by atoms with Gasteiger partial charge in [-0.1, -0.05) is 32.4 Å². The van der Waals surface area contributed by atoms with E-state index in [0.717, 1.165) is 17.6 Å². The second-order valence-corrected chi connectivity index (χ2v) is 8.38. The lowest BCUT2D eigenvalue weighted by atomic mass is 9.75. The van der Waals surface area contributed by atoms with Gasteiger partial charge in [-0.05, 0) is 98.7 Å². The van der Waals surface area contributed by atoms with Gasteiger partial charge >= 0.3 is 5.97 Å². The highest BCUT2D eigenvalue weighted by atomic mass is 16.5. The van der Waals surface area contributed by atoms with E-state index in [4.69, 9.17) is 9.47 Å². The van der Waals surface area contributed by atoms with Gasteiger partial charge in [0.05, 0.1) is 12.2 Å². The molecule has 0 aliphatic heterocycles. The molecule has 0 bridgehead atoms. The van der Waals surface area contributed by atoms with Crippen molar-refractivity contribution in [2.75, 3.05) is 6.61 Å². The number of hydrogen-bond acceptors (Lipinski definition) is 3. The summed E-state index contributed by atoms with van der Waals surface area (Å²) in [6.45, 7) is 7.22. The summed E-state index contributed by atoms with van der Waals surface area (Å²) in [5.74, 6) is 3.34. The normalized spacial score (nSPS) is 20.1. The summed E-state index contributed by atoms with van der Waals surface area (Å²) in [5, 5.41) is 0.